The number of halogens is 8. The van der Waals surface area contributed by atoms with Gasteiger partial charge in [-0.15, -0.1) is 0 Å². The van der Waals surface area contributed by atoms with E-state index in [0.29, 0.717) is 0 Å². The van der Waals surface area contributed by atoms with E-state index in [1.807, 2.05) is 0 Å². The highest BCUT2D eigenvalue weighted by Gasteiger charge is 2.62. The minimum atomic E-state index is -6.19. The van der Waals surface area contributed by atoms with Gasteiger partial charge in [-0.05, 0) is 11.6 Å². The molecule has 0 aliphatic carbocycles. The normalized spacial score (nSPS) is 16.0. The maximum atomic E-state index is 11.7. The largest absolute Gasteiger partial charge is 0.460 e. The van der Waals surface area contributed by atoms with Gasteiger partial charge in [-0.2, -0.15) is 26.3 Å². The Kier molecular flexibility index (Phi) is 3.00. The van der Waals surface area contributed by atoms with Crippen molar-refractivity contribution in [3.05, 3.63) is 11.1 Å². The maximum Gasteiger partial charge on any atom is 0.460 e. The molecule has 0 atom stereocenters. The van der Waals surface area contributed by atoms with Crippen LogP contribution in [0.15, 0.2) is 11.1 Å². The smallest absolute Gasteiger partial charge is 0.200 e. The van der Waals surface area contributed by atoms with Crippen molar-refractivity contribution in [2.45, 2.75) is 12.1 Å². The van der Waals surface area contributed by atoms with Crippen molar-refractivity contribution < 1.29 is 30.7 Å². The second kappa shape index (κ2) is 3.12. The lowest BCUT2D eigenvalue weighted by atomic mass is 10.3. The van der Waals surface area contributed by atoms with E-state index < -0.39 is 23.2 Å². The summed E-state index contributed by atoms with van der Waals surface area (Å²) in [4.78, 5) is 0. The molecule has 0 bridgehead atoms. The highest BCUT2D eigenvalue weighted by Crippen LogP contribution is 2.43. The molecule has 0 amide bonds. The molecule has 0 rings (SSSR count). The Bertz CT molecular complexity index is 198. The van der Waals surface area contributed by atoms with Crippen molar-refractivity contribution in [3.8, 4) is 0 Å². The average Bonchev–Trinajstić information content (AvgIpc) is 1.83. The molecule has 0 saturated carbocycles. The van der Waals surface area contributed by atoms with Crippen molar-refractivity contribution in [1.29, 1.82) is 0 Å². The lowest BCUT2D eigenvalue weighted by molar-refractivity contribution is -0.271. The summed E-state index contributed by atoms with van der Waals surface area (Å²) < 4.78 is 80.1. The summed E-state index contributed by atoms with van der Waals surface area (Å²) in [7, 11) is 0. The number of alkyl halides is 5. The van der Waals surface area contributed by atoms with Crippen LogP contribution in [0.25, 0.3) is 0 Å². The first kappa shape index (κ1) is 11.5. The fourth-order valence-electron chi connectivity index (χ4n) is 0.243. The van der Waals surface area contributed by atoms with Crippen LogP contribution in [0.5, 0.6) is 0 Å². The molecule has 0 aromatic rings. The molecule has 0 nitrogen and oxygen atoms in total. The minimum Gasteiger partial charge on any atom is -0.200 e. The van der Waals surface area contributed by atoms with Gasteiger partial charge in [0.15, 0.2) is 0 Å². The minimum absolute atomic E-state index is 2.71. The lowest BCUT2D eigenvalue weighted by Crippen LogP contribution is -2.37. The van der Waals surface area contributed by atoms with E-state index in [9.17, 15) is 30.7 Å². The zero-order valence-corrected chi connectivity index (χ0v) is 5.78. The second-order valence-corrected chi connectivity index (χ2v) is 1.98. The maximum absolute atomic E-state index is 11.7. The van der Waals surface area contributed by atoms with Crippen molar-refractivity contribution >= 4 is 11.6 Å². The topological polar surface area (TPSA) is 0 Å². The quantitative estimate of drug-likeness (QED) is 0.588. The first-order valence-electron chi connectivity index (χ1n) is 2.26. The fraction of sp³-hybridized carbons (Fsp3) is 0.500. The first-order valence-corrected chi connectivity index (χ1v) is 2.64. The predicted octanol–water partition coefficient (Wildman–Crippen LogP) is 3.53. The van der Waals surface area contributed by atoms with Crippen LogP contribution in [-0.2, 0) is 0 Å². The summed E-state index contributed by atoms with van der Waals surface area (Å²) in [6, 6.07) is 0. The Hall–Kier alpha value is -0.460. The zero-order valence-electron chi connectivity index (χ0n) is 5.02. The molecular formula is C4ClF7. The van der Waals surface area contributed by atoms with Gasteiger partial charge < -0.3 is 0 Å². The van der Waals surface area contributed by atoms with E-state index in [-0.39, 0.29) is 0 Å². The molecule has 12 heavy (non-hydrogen) atoms. The number of rotatable bonds is 1. The summed E-state index contributed by atoms with van der Waals surface area (Å²) in [5.41, 5.74) is 0. The van der Waals surface area contributed by atoms with Crippen LogP contribution in [0.3, 0.4) is 0 Å². The molecule has 0 fully saturated rings. The van der Waals surface area contributed by atoms with Gasteiger partial charge in [0, 0.05) is 0 Å². The molecule has 8 heteroatoms. The van der Waals surface area contributed by atoms with E-state index in [1.165, 1.54) is 0 Å². The third-order valence-corrected chi connectivity index (χ3v) is 0.964. The molecule has 0 aromatic heterocycles. The summed E-state index contributed by atoms with van der Waals surface area (Å²) in [6.07, 6.45) is -6.19. The molecule has 72 valence electrons. The van der Waals surface area contributed by atoms with E-state index in [4.69, 9.17) is 0 Å². The molecule has 0 aliphatic rings. The van der Waals surface area contributed by atoms with E-state index >= 15 is 0 Å². The zero-order chi connectivity index (χ0) is 10.2. The Labute approximate surface area is 66.6 Å². The van der Waals surface area contributed by atoms with Crippen molar-refractivity contribution in [2.24, 2.45) is 0 Å². The van der Waals surface area contributed by atoms with Crippen molar-refractivity contribution in [1.82, 2.24) is 0 Å². The van der Waals surface area contributed by atoms with E-state index in [1.54, 1.807) is 0 Å². The van der Waals surface area contributed by atoms with Gasteiger partial charge >= 0.3 is 12.1 Å². The predicted molar refractivity (Wildman–Crippen MR) is 26.1 cm³/mol. The number of allylic oxidation sites excluding steroid dienone is 1. The molecule has 0 saturated heterocycles. The standard InChI is InChI=1S/C4ClF7/c5-2(7)1(6)3(8,9)4(10,11)12/b2-1-. The van der Waals surface area contributed by atoms with Gasteiger partial charge in [-0.3, -0.25) is 0 Å². The van der Waals surface area contributed by atoms with Gasteiger partial charge in [0.25, 0.3) is 0 Å². The van der Waals surface area contributed by atoms with Crippen LogP contribution in [0.2, 0.25) is 0 Å². The highest BCUT2D eigenvalue weighted by atomic mass is 35.5. The molecule has 0 spiro atoms. The van der Waals surface area contributed by atoms with E-state index in [2.05, 4.69) is 11.6 Å². The summed E-state index contributed by atoms with van der Waals surface area (Å²) in [5.74, 6) is -9.21. The fourth-order valence-corrected chi connectivity index (χ4v) is 0.362. The van der Waals surface area contributed by atoms with Crippen LogP contribution in [-0.4, -0.2) is 12.1 Å². The van der Waals surface area contributed by atoms with Gasteiger partial charge in [-0.25, -0.2) is 4.39 Å². The van der Waals surface area contributed by atoms with Crippen LogP contribution in [0, 0.1) is 0 Å². The summed E-state index contributed by atoms with van der Waals surface area (Å²) in [5, 5.41) is -2.71. The van der Waals surface area contributed by atoms with Crippen molar-refractivity contribution in [2.75, 3.05) is 0 Å². The van der Waals surface area contributed by atoms with Gasteiger partial charge in [0.2, 0.25) is 11.1 Å². The van der Waals surface area contributed by atoms with Crippen LogP contribution >= 0.6 is 11.6 Å². The second-order valence-electron chi connectivity index (χ2n) is 1.65. The van der Waals surface area contributed by atoms with Gasteiger partial charge in [0.1, 0.15) is 0 Å². The Morgan fingerprint density at radius 1 is 0.917 bits per heavy atom. The van der Waals surface area contributed by atoms with E-state index in [0.717, 1.165) is 0 Å². The molecule has 0 unspecified atom stereocenters. The van der Waals surface area contributed by atoms with Gasteiger partial charge in [0.05, 0.1) is 0 Å². The lowest BCUT2D eigenvalue weighted by Gasteiger charge is -2.16. The Morgan fingerprint density at radius 2 is 1.25 bits per heavy atom. The monoisotopic (exact) mass is 216 g/mol. The molecule has 0 radical (unpaired) electrons. The number of hydrogen-bond acceptors (Lipinski definition) is 0. The van der Waals surface area contributed by atoms with Crippen molar-refractivity contribution in [3.63, 3.8) is 0 Å². The van der Waals surface area contributed by atoms with Crippen LogP contribution in [0.4, 0.5) is 30.7 Å². The molecule has 0 heterocycles. The number of hydrogen-bond donors (Lipinski definition) is 0. The Balaban J connectivity index is 5.01. The highest BCUT2D eigenvalue weighted by molar-refractivity contribution is 6.28. The van der Waals surface area contributed by atoms with Gasteiger partial charge in [-0.1, -0.05) is 0 Å². The van der Waals surface area contributed by atoms with Crippen LogP contribution < -0.4 is 0 Å². The summed E-state index contributed by atoms with van der Waals surface area (Å²) >= 11 is 3.98. The molecular weight excluding hydrogens is 216 g/mol. The Morgan fingerprint density at radius 3 is 1.33 bits per heavy atom. The average molecular weight is 216 g/mol. The molecule has 0 aliphatic heterocycles. The molecule has 0 N–H and O–H groups in total. The van der Waals surface area contributed by atoms with Crippen LogP contribution in [0.1, 0.15) is 0 Å². The third-order valence-electron chi connectivity index (χ3n) is 0.798. The first-order chi connectivity index (χ1) is 5.10. The summed E-state index contributed by atoms with van der Waals surface area (Å²) in [6.45, 7) is 0. The SMILES string of the molecule is F/C(Cl)=C(\F)C(F)(F)C(F)(F)F. The molecule has 0 aromatic carbocycles. The third kappa shape index (κ3) is 2.02.